The summed E-state index contributed by atoms with van der Waals surface area (Å²) in [6.45, 7) is 4.80. The van der Waals surface area contributed by atoms with Crippen molar-refractivity contribution in [2.45, 2.75) is 51.9 Å². The molecule has 0 saturated carbocycles. The maximum atomic E-state index is 12.9. The van der Waals surface area contributed by atoms with Crippen molar-refractivity contribution in [1.29, 1.82) is 0 Å². The molecule has 8 amide bonds. The quantitative estimate of drug-likeness (QED) is 0.183. The molecular weight excluding hydrogens is 1080 g/mol. The lowest BCUT2D eigenvalue weighted by Gasteiger charge is -2.34. The molecule has 0 unspecified atom stereocenters. The number of rotatable bonds is 8. The smallest absolute Gasteiger partial charge is 0.326 e. The summed E-state index contributed by atoms with van der Waals surface area (Å²) in [7, 11) is -2.44. The van der Waals surface area contributed by atoms with Crippen molar-refractivity contribution in [3.8, 4) is 0 Å². The van der Waals surface area contributed by atoms with Crippen molar-refractivity contribution in [1.82, 2.24) is 19.6 Å². The van der Waals surface area contributed by atoms with Gasteiger partial charge in [0.15, 0.2) is 0 Å². The first-order valence-corrected chi connectivity index (χ1v) is 29.6. The van der Waals surface area contributed by atoms with E-state index in [0.717, 1.165) is 0 Å². The van der Waals surface area contributed by atoms with Crippen LogP contribution in [0.15, 0.2) is 48.5 Å². The average Bonchev–Trinajstić information content (AvgIpc) is 3.30. The number of imide groups is 4. The lowest BCUT2D eigenvalue weighted by molar-refractivity contribution is -0.141. The number of carboxylic acid groups (broad SMARTS) is 4. The van der Waals surface area contributed by atoms with Crippen LogP contribution in [-0.4, -0.2) is 202 Å². The molecular formula is C48H52N4O20S4. The standard InChI is InChI=1S/2C20H14N2O8.4C2H6OS/c2*1-7(19(27)28)21-15(23)9-3-5-11-14-12(6-4-10(13(9)14)16(21)24)18(26)22(17(11)25)8(2)20(29)30;4*1-4(2)3/h2*3-8H,1-2H3,(H,27,28)(H,29,30);4*1-2H3/t2*7-,8-;;;;/m11..../s1. The van der Waals surface area contributed by atoms with E-state index in [4.69, 9.17) is 0 Å². The first kappa shape index (κ1) is 62.7. The Balaban J connectivity index is 0.000000312. The van der Waals surface area contributed by atoms with E-state index in [9.17, 15) is 94.8 Å². The Morgan fingerprint density at radius 1 is 0.303 bits per heavy atom. The van der Waals surface area contributed by atoms with E-state index in [0.29, 0.717) is 19.6 Å². The average molecular weight is 1130 g/mol. The molecule has 408 valence electrons. The number of hydrogen-bond acceptors (Lipinski definition) is 16. The van der Waals surface area contributed by atoms with E-state index < -0.39 is 139 Å². The highest BCUT2D eigenvalue weighted by Crippen LogP contribution is 2.40. The number of carboxylic acids is 4. The normalized spacial score (nSPS) is 15.6. The van der Waals surface area contributed by atoms with Gasteiger partial charge in [-0.25, -0.2) is 19.2 Å². The molecule has 8 rings (SSSR count). The molecule has 4 aliphatic rings. The highest BCUT2D eigenvalue weighted by molar-refractivity contribution is 7.84. The maximum absolute atomic E-state index is 12.9. The van der Waals surface area contributed by atoms with Gasteiger partial charge in [0.1, 0.15) is 24.2 Å². The number of amides is 8. The first-order chi connectivity index (χ1) is 35.1. The zero-order valence-corrected chi connectivity index (χ0v) is 45.9. The molecule has 24 nitrogen and oxygen atoms in total. The second kappa shape index (κ2) is 25.3. The van der Waals surface area contributed by atoms with Gasteiger partial charge in [-0.15, -0.1) is 0 Å². The van der Waals surface area contributed by atoms with Gasteiger partial charge in [0.2, 0.25) is 0 Å². The molecule has 4 N–H and O–H groups in total. The molecule has 0 fully saturated rings. The minimum Gasteiger partial charge on any atom is -0.480 e. The Hall–Kier alpha value is -7.56. The number of carbonyl (C=O) groups is 12. The summed E-state index contributed by atoms with van der Waals surface area (Å²) in [4.78, 5) is 151. The monoisotopic (exact) mass is 1130 g/mol. The van der Waals surface area contributed by atoms with Gasteiger partial charge in [0.05, 0.1) is 0 Å². The van der Waals surface area contributed by atoms with Crippen molar-refractivity contribution in [3.63, 3.8) is 0 Å². The SMILES string of the molecule is CS(C)=O.CS(C)=O.CS(C)=O.CS(C)=O.C[C@H](C(=O)O)N1C(=O)c2ccc3c4c(ccc(c24)C1=O)C(=O)N([C@H](C)C(=O)O)C3=O.C[C@H](C(=O)O)N1C(=O)c2ccc3c4c(ccc(c24)C1=O)C(=O)N([C@H](C)C(=O)O)C3=O. The van der Waals surface area contributed by atoms with Crippen LogP contribution < -0.4 is 0 Å². The first-order valence-electron chi connectivity index (χ1n) is 21.7. The van der Waals surface area contributed by atoms with Crippen molar-refractivity contribution in [3.05, 3.63) is 93.0 Å². The van der Waals surface area contributed by atoms with Gasteiger partial charge < -0.3 is 20.4 Å². The predicted octanol–water partition coefficient (Wildman–Crippen LogP) is 1.93. The van der Waals surface area contributed by atoms with Crippen LogP contribution >= 0.6 is 0 Å². The molecule has 0 radical (unpaired) electrons. The van der Waals surface area contributed by atoms with Gasteiger partial charge in [0, 0.05) is 159 Å². The number of nitrogens with zero attached hydrogens (tertiary/aromatic N) is 4. The predicted molar refractivity (Wildman–Crippen MR) is 278 cm³/mol. The minimum absolute atomic E-state index is 0.0152. The number of aliphatic carboxylic acids is 4. The van der Waals surface area contributed by atoms with Gasteiger partial charge in [0.25, 0.3) is 47.3 Å². The van der Waals surface area contributed by atoms with Crippen LogP contribution in [0, 0.1) is 0 Å². The molecule has 0 bridgehead atoms. The van der Waals surface area contributed by atoms with Crippen LogP contribution in [0.4, 0.5) is 0 Å². The Morgan fingerprint density at radius 2 is 0.395 bits per heavy atom. The van der Waals surface area contributed by atoms with Crippen LogP contribution in [0.5, 0.6) is 0 Å². The van der Waals surface area contributed by atoms with Crippen LogP contribution in [0.1, 0.15) is 111 Å². The van der Waals surface area contributed by atoms with E-state index in [2.05, 4.69) is 0 Å². The van der Waals surface area contributed by atoms with Gasteiger partial charge in [-0.1, -0.05) is 0 Å². The van der Waals surface area contributed by atoms with E-state index >= 15 is 0 Å². The molecule has 4 aromatic rings. The maximum Gasteiger partial charge on any atom is 0.326 e. The van der Waals surface area contributed by atoms with E-state index in [-0.39, 0.29) is 66.1 Å². The fourth-order valence-corrected chi connectivity index (χ4v) is 7.67. The molecule has 0 spiro atoms. The molecule has 4 aliphatic heterocycles. The van der Waals surface area contributed by atoms with E-state index in [1.807, 2.05) is 0 Å². The zero-order valence-electron chi connectivity index (χ0n) is 42.7. The molecule has 28 heteroatoms. The molecule has 76 heavy (non-hydrogen) atoms. The Bertz CT molecular complexity index is 2710. The van der Waals surface area contributed by atoms with Gasteiger partial charge in [-0.05, 0) is 76.2 Å². The third-order valence-corrected chi connectivity index (χ3v) is 10.9. The van der Waals surface area contributed by atoms with Crippen molar-refractivity contribution >= 4 is 136 Å². The van der Waals surface area contributed by atoms with Gasteiger partial charge >= 0.3 is 23.9 Å². The largest absolute Gasteiger partial charge is 0.480 e. The topological polar surface area (TPSA) is 367 Å². The summed E-state index contributed by atoms with van der Waals surface area (Å²) in [5.74, 6) is -12.3. The Kier molecular flexibility index (Phi) is 20.9. The molecule has 4 heterocycles. The molecule has 0 saturated heterocycles. The van der Waals surface area contributed by atoms with Crippen LogP contribution in [0.2, 0.25) is 0 Å². The Morgan fingerprint density at radius 3 is 0.474 bits per heavy atom. The second-order valence-electron chi connectivity index (χ2n) is 17.1. The zero-order chi connectivity index (χ0) is 58.4. The Labute approximate surface area is 443 Å². The third kappa shape index (κ3) is 12.9. The van der Waals surface area contributed by atoms with Gasteiger partial charge in [-0.3, -0.25) is 74.8 Å². The van der Waals surface area contributed by atoms with Gasteiger partial charge in [-0.2, -0.15) is 0 Å². The summed E-state index contributed by atoms with van der Waals surface area (Å²) in [6.07, 6.45) is 13.1. The molecule has 0 aromatic heterocycles. The van der Waals surface area contributed by atoms with Crippen LogP contribution in [0.3, 0.4) is 0 Å². The fraction of sp³-hybridized carbons (Fsp3) is 0.333. The number of hydrogen-bond donors (Lipinski definition) is 4. The summed E-state index contributed by atoms with van der Waals surface area (Å²) < 4.78 is 38.2. The highest BCUT2D eigenvalue weighted by Gasteiger charge is 2.46. The summed E-state index contributed by atoms with van der Waals surface area (Å²) in [5.41, 5.74) is -0.121. The lowest BCUT2D eigenvalue weighted by Crippen LogP contribution is -2.51. The van der Waals surface area contributed by atoms with E-state index in [1.54, 1.807) is 50.0 Å². The lowest BCUT2D eigenvalue weighted by atomic mass is 9.85. The van der Waals surface area contributed by atoms with Crippen molar-refractivity contribution in [2.75, 3.05) is 50.0 Å². The summed E-state index contributed by atoms with van der Waals surface area (Å²) >= 11 is 0. The third-order valence-electron chi connectivity index (χ3n) is 10.9. The van der Waals surface area contributed by atoms with E-state index in [1.165, 1.54) is 76.2 Å². The number of carbonyl (C=O) groups excluding carboxylic acids is 8. The van der Waals surface area contributed by atoms with Crippen LogP contribution in [0.25, 0.3) is 21.5 Å². The highest BCUT2D eigenvalue weighted by atomic mass is 32.2. The second-order valence-corrected chi connectivity index (χ2v) is 23.0. The van der Waals surface area contributed by atoms with Crippen molar-refractivity contribution in [2.24, 2.45) is 0 Å². The van der Waals surface area contributed by atoms with Crippen molar-refractivity contribution < 1.29 is 94.8 Å². The fourth-order valence-electron chi connectivity index (χ4n) is 7.67. The molecule has 0 aliphatic carbocycles. The van der Waals surface area contributed by atoms with Crippen LogP contribution in [-0.2, 0) is 62.4 Å². The molecule has 4 atom stereocenters. The minimum atomic E-state index is -1.42. The molecule has 4 aromatic carbocycles. The number of benzene rings is 4. The summed E-state index contributed by atoms with van der Waals surface area (Å²) in [5, 5.41) is 37.3. The summed E-state index contributed by atoms with van der Waals surface area (Å²) in [6, 6.07) is 4.53.